The Bertz CT molecular complexity index is 1370. The number of carbonyl (C=O) groups is 1. The molecule has 0 atom stereocenters. The predicted molar refractivity (Wildman–Crippen MR) is 130 cm³/mol. The molecule has 2 aliphatic heterocycles. The fourth-order valence-electron chi connectivity index (χ4n) is 4.87. The number of nitrogens with zero attached hydrogens (tertiary/aromatic N) is 4. The molecule has 2 aliphatic rings. The average molecular weight is 471 g/mol. The second-order valence-corrected chi connectivity index (χ2v) is 8.79. The highest BCUT2D eigenvalue weighted by Gasteiger charge is 2.41. The van der Waals surface area contributed by atoms with E-state index in [4.69, 9.17) is 24.3 Å². The van der Waals surface area contributed by atoms with E-state index in [2.05, 4.69) is 0 Å². The van der Waals surface area contributed by atoms with E-state index in [1.165, 1.54) is 0 Å². The van der Waals surface area contributed by atoms with Crippen LogP contribution in [-0.2, 0) is 9.47 Å². The quantitative estimate of drug-likeness (QED) is 0.448. The van der Waals surface area contributed by atoms with Crippen LogP contribution in [0.2, 0.25) is 0 Å². The Hall–Kier alpha value is -3.75. The summed E-state index contributed by atoms with van der Waals surface area (Å²) < 4.78 is 18.9. The molecule has 8 nitrogen and oxygen atoms in total. The van der Waals surface area contributed by atoms with Crippen LogP contribution in [0.5, 0.6) is 5.75 Å². The van der Waals surface area contributed by atoms with E-state index in [9.17, 15) is 4.79 Å². The lowest BCUT2D eigenvalue weighted by Crippen LogP contribution is -2.47. The van der Waals surface area contributed by atoms with Crippen molar-refractivity contribution in [2.45, 2.75) is 18.6 Å². The maximum Gasteiger partial charge on any atom is 0.272 e. The van der Waals surface area contributed by atoms with Crippen LogP contribution in [0.3, 0.4) is 0 Å². The highest BCUT2D eigenvalue weighted by Crippen LogP contribution is 2.33. The van der Waals surface area contributed by atoms with E-state index in [0.717, 1.165) is 16.8 Å². The van der Waals surface area contributed by atoms with Crippen molar-refractivity contribution in [2.75, 3.05) is 33.4 Å². The number of hydrogen-bond donors (Lipinski definition) is 0. The van der Waals surface area contributed by atoms with Gasteiger partial charge in [0.05, 0.1) is 31.7 Å². The standard InChI is InChI=1S/C27H26N4O4/c1-33-24-10-6-5-9-20(24)22-17-23(26(32)30-13-11-27(12-14-30)34-15-16-35-27)31-25(28-22)18-21(29-31)19-7-3-2-4-8-19/h2-10,17-18H,11-16H2,1H3. The molecule has 2 fully saturated rings. The van der Waals surface area contributed by atoms with Crippen LogP contribution in [0.15, 0.2) is 66.7 Å². The molecule has 0 bridgehead atoms. The number of ether oxygens (including phenoxy) is 3. The van der Waals surface area contributed by atoms with Gasteiger partial charge in [0, 0.05) is 43.1 Å². The van der Waals surface area contributed by atoms with Gasteiger partial charge in [-0.25, -0.2) is 9.50 Å². The second kappa shape index (κ2) is 8.79. The molecule has 1 spiro atoms. The van der Waals surface area contributed by atoms with Crippen molar-refractivity contribution in [3.05, 3.63) is 72.4 Å². The third-order valence-corrected chi connectivity index (χ3v) is 6.72. The molecular weight excluding hydrogens is 444 g/mol. The van der Waals surface area contributed by atoms with Crippen LogP contribution in [0.1, 0.15) is 23.3 Å². The summed E-state index contributed by atoms with van der Waals surface area (Å²) in [5.74, 6) is 0.0594. The van der Waals surface area contributed by atoms with Gasteiger partial charge in [-0.05, 0) is 18.2 Å². The summed E-state index contributed by atoms with van der Waals surface area (Å²) in [6, 6.07) is 21.3. The lowest BCUT2D eigenvalue weighted by molar-refractivity contribution is -0.181. The topological polar surface area (TPSA) is 78.2 Å². The Morgan fingerprint density at radius 1 is 0.943 bits per heavy atom. The number of carbonyl (C=O) groups excluding carboxylic acids is 1. The molecule has 178 valence electrons. The van der Waals surface area contributed by atoms with Crippen LogP contribution in [0, 0.1) is 0 Å². The second-order valence-electron chi connectivity index (χ2n) is 8.79. The number of benzene rings is 2. The predicted octanol–water partition coefficient (Wildman–Crippen LogP) is 4.05. The van der Waals surface area contributed by atoms with Gasteiger partial charge in [-0.15, -0.1) is 0 Å². The van der Waals surface area contributed by atoms with E-state index < -0.39 is 5.79 Å². The molecule has 2 aromatic carbocycles. The molecule has 0 radical (unpaired) electrons. The molecule has 1 amide bonds. The largest absolute Gasteiger partial charge is 0.496 e. The zero-order valence-corrected chi connectivity index (χ0v) is 19.5. The third-order valence-electron chi connectivity index (χ3n) is 6.72. The van der Waals surface area contributed by atoms with Crippen LogP contribution < -0.4 is 4.74 Å². The molecule has 4 aromatic rings. The average Bonchev–Trinajstić information content (AvgIpc) is 3.56. The molecular formula is C27H26N4O4. The van der Waals surface area contributed by atoms with Crippen LogP contribution in [-0.4, -0.2) is 64.6 Å². The van der Waals surface area contributed by atoms with Crippen LogP contribution >= 0.6 is 0 Å². The van der Waals surface area contributed by atoms with Crippen LogP contribution in [0.25, 0.3) is 28.2 Å². The lowest BCUT2D eigenvalue weighted by Gasteiger charge is -2.37. The molecule has 0 saturated carbocycles. The minimum atomic E-state index is -0.543. The van der Waals surface area contributed by atoms with Crippen molar-refractivity contribution in [1.82, 2.24) is 19.5 Å². The number of methoxy groups -OCH3 is 1. The van der Waals surface area contributed by atoms with Crippen molar-refractivity contribution in [1.29, 1.82) is 0 Å². The van der Waals surface area contributed by atoms with E-state index in [0.29, 0.717) is 61.9 Å². The van der Waals surface area contributed by atoms with Crippen molar-refractivity contribution in [3.63, 3.8) is 0 Å². The molecule has 6 rings (SSSR count). The van der Waals surface area contributed by atoms with Gasteiger partial charge >= 0.3 is 0 Å². The van der Waals surface area contributed by atoms with E-state index in [1.807, 2.05) is 71.6 Å². The molecule has 8 heteroatoms. The summed E-state index contributed by atoms with van der Waals surface area (Å²) in [6.45, 7) is 2.33. The maximum absolute atomic E-state index is 13.8. The first-order valence-corrected chi connectivity index (χ1v) is 11.8. The Morgan fingerprint density at radius 2 is 1.66 bits per heavy atom. The van der Waals surface area contributed by atoms with Gasteiger partial charge < -0.3 is 19.1 Å². The molecule has 0 N–H and O–H groups in total. The first kappa shape index (κ1) is 21.8. The first-order valence-electron chi connectivity index (χ1n) is 11.8. The fraction of sp³-hybridized carbons (Fsp3) is 0.296. The number of para-hydroxylation sites is 1. The van der Waals surface area contributed by atoms with Crippen molar-refractivity contribution in [2.24, 2.45) is 0 Å². The number of likely N-dealkylation sites (tertiary alicyclic amines) is 1. The number of amides is 1. The van der Waals surface area contributed by atoms with Crippen molar-refractivity contribution in [3.8, 4) is 28.3 Å². The molecule has 0 unspecified atom stereocenters. The number of aromatic nitrogens is 3. The summed E-state index contributed by atoms with van der Waals surface area (Å²) in [5, 5.41) is 4.77. The SMILES string of the molecule is COc1ccccc1-c1cc(C(=O)N2CCC3(CC2)OCCO3)n2nc(-c3ccccc3)cc2n1. The lowest BCUT2D eigenvalue weighted by atomic mass is 10.0. The number of rotatable bonds is 4. The Kier molecular flexibility index (Phi) is 5.47. The molecule has 35 heavy (non-hydrogen) atoms. The monoisotopic (exact) mass is 470 g/mol. The molecule has 0 aliphatic carbocycles. The Balaban J connectivity index is 1.43. The van der Waals surface area contributed by atoms with Gasteiger partial charge in [0.25, 0.3) is 5.91 Å². The molecule has 2 saturated heterocycles. The highest BCUT2D eigenvalue weighted by molar-refractivity contribution is 5.94. The third kappa shape index (κ3) is 3.94. The van der Waals surface area contributed by atoms with E-state index in [1.54, 1.807) is 11.6 Å². The van der Waals surface area contributed by atoms with Crippen molar-refractivity contribution < 1.29 is 19.0 Å². The van der Waals surface area contributed by atoms with Crippen LogP contribution in [0.4, 0.5) is 0 Å². The zero-order chi connectivity index (χ0) is 23.8. The normalized spacial score (nSPS) is 17.2. The number of piperidine rings is 1. The molecule has 2 aromatic heterocycles. The number of hydrogen-bond acceptors (Lipinski definition) is 6. The fourth-order valence-corrected chi connectivity index (χ4v) is 4.87. The minimum Gasteiger partial charge on any atom is -0.496 e. The highest BCUT2D eigenvalue weighted by atomic mass is 16.7. The zero-order valence-electron chi connectivity index (χ0n) is 19.5. The first-order chi connectivity index (χ1) is 17.2. The van der Waals surface area contributed by atoms with Gasteiger partial charge in [-0.3, -0.25) is 4.79 Å². The minimum absolute atomic E-state index is 0.0934. The Morgan fingerprint density at radius 3 is 2.40 bits per heavy atom. The van der Waals surface area contributed by atoms with Gasteiger partial charge in [-0.2, -0.15) is 5.10 Å². The van der Waals surface area contributed by atoms with E-state index >= 15 is 0 Å². The maximum atomic E-state index is 13.8. The number of fused-ring (bicyclic) bond motifs is 1. The van der Waals surface area contributed by atoms with E-state index in [-0.39, 0.29) is 5.91 Å². The Labute approximate surface area is 203 Å². The van der Waals surface area contributed by atoms with Gasteiger partial charge in [-0.1, -0.05) is 42.5 Å². The van der Waals surface area contributed by atoms with Gasteiger partial charge in [0.2, 0.25) is 0 Å². The smallest absolute Gasteiger partial charge is 0.272 e. The summed E-state index contributed by atoms with van der Waals surface area (Å²) >= 11 is 0. The summed E-state index contributed by atoms with van der Waals surface area (Å²) in [4.78, 5) is 20.5. The molecule has 4 heterocycles. The summed E-state index contributed by atoms with van der Waals surface area (Å²) in [5.41, 5.74) is 4.27. The van der Waals surface area contributed by atoms with Crippen molar-refractivity contribution >= 4 is 11.6 Å². The van der Waals surface area contributed by atoms with Gasteiger partial charge in [0.1, 0.15) is 11.4 Å². The summed E-state index contributed by atoms with van der Waals surface area (Å²) in [6.07, 6.45) is 1.31. The summed E-state index contributed by atoms with van der Waals surface area (Å²) in [7, 11) is 1.63. The van der Waals surface area contributed by atoms with Gasteiger partial charge in [0.15, 0.2) is 11.4 Å².